The van der Waals surface area contributed by atoms with Crippen molar-refractivity contribution in [2.45, 2.75) is 44.4 Å². The fourth-order valence-electron chi connectivity index (χ4n) is 5.17. The molecule has 3 aromatic rings. The van der Waals surface area contributed by atoms with Crippen molar-refractivity contribution in [1.29, 1.82) is 0 Å². The molecule has 1 aliphatic heterocycles. The fourth-order valence-corrected chi connectivity index (χ4v) is 5.17. The number of benzene rings is 2. The number of Topliss-reactive ketones (excluding diaryl/α,β-unsaturated/α-hetero) is 1. The molecule has 6 nitrogen and oxygen atoms in total. The van der Waals surface area contributed by atoms with Gasteiger partial charge in [-0.1, -0.05) is 74.5 Å². The smallest absolute Gasteiger partial charge is 0.230 e. The number of hydrogen-bond donors (Lipinski definition) is 1. The summed E-state index contributed by atoms with van der Waals surface area (Å²) in [5, 5.41) is 9.09. The van der Waals surface area contributed by atoms with E-state index in [1.54, 1.807) is 0 Å². The summed E-state index contributed by atoms with van der Waals surface area (Å²) in [5.41, 5.74) is 2.40. The maximum absolute atomic E-state index is 13.6. The number of ketones is 1. The molecule has 1 saturated heterocycles. The minimum atomic E-state index is -0.555. The molecule has 4 rings (SSSR count). The van der Waals surface area contributed by atoms with Crippen molar-refractivity contribution >= 4 is 11.7 Å². The SMILES string of the molecule is CC(C)[C@H](C(=O)N1CCC(Cc2ncc(C(=O)CO)cn2)(c2ccccc2)CC1)c1ccccc1. The van der Waals surface area contributed by atoms with Crippen molar-refractivity contribution in [1.82, 2.24) is 14.9 Å². The molecule has 1 fully saturated rings. The predicted octanol–water partition coefficient (Wildman–Crippen LogP) is 4.19. The number of aliphatic hydroxyl groups excluding tert-OH is 1. The number of aromatic nitrogens is 2. The van der Waals surface area contributed by atoms with Gasteiger partial charge in [-0.3, -0.25) is 9.59 Å². The fraction of sp³-hybridized carbons (Fsp3) is 0.379. The van der Waals surface area contributed by atoms with Gasteiger partial charge in [0.2, 0.25) is 5.91 Å². The molecule has 0 saturated carbocycles. The molecule has 6 heteroatoms. The van der Waals surface area contributed by atoms with Crippen molar-refractivity contribution in [3.63, 3.8) is 0 Å². The highest BCUT2D eigenvalue weighted by Gasteiger charge is 2.40. The van der Waals surface area contributed by atoms with Gasteiger partial charge >= 0.3 is 0 Å². The molecule has 2 heterocycles. The first kappa shape index (κ1) is 24.7. The van der Waals surface area contributed by atoms with Crippen LogP contribution in [0.4, 0.5) is 0 Å². The monoisotopic (exact) mass is 471 g/mol. The summed E-state index contributed by atoms with van der Waals surface area (Å²) in [6, 6.07) is 20.4. The first-order chi connectivity index (χ1) is 16.9. The molecule has 0 aliphatic carbocycles. The molecular weight excluding hydrogens is 438 g/mol. The first-order valence-corrected chi connectivity index (χ1v) is 12.3. The first-order valence-electron chi connectivity index (χ1n) is 12.3. The Labute approximate surface area is 207 Å². The van der Waals surface area contributed by atoms with E-state index >= 15 is 0 Å². The van der Waals surface area contributed by atoms with Crippen LogP contribution in [0.2, 0.25) is 0 Å². The third-order valence-corrected chi connectivity index (χ3v) is 7.18. The lowest BCUT2D eigenvalue weighted by Gasteiger charge is -2.43. The van der Waals surface area contributed by atoms with Gasteiger partial charge in [0.1, 0.15) is 12.4 Å². The quantitative estimate of drug-likeness (QED) is 0.498. The van der Waals surface area contributed by atoms with Gasteiger partial charge in [0.15, 0.2) is 5.78 Å². The van der Waals surface area contributed by atoms with Crippen LogP contribution < -0.4 is 0 Å². The molecular formula is C29H33N3O3. The molecule has 35 heavy (non-hydrogen) atoms. The molecule has 0 unspecified atom stereocenters. The largest absolute Gasteiger partial charge is 0.388 e. The van der Waals surface area contributed by atoms with E-state index in [4.69, 9.17) is 5.11 Å². The Balaban J connectivity index is 1.55. The minimum Gasteiger partial charge on any atom is -0.388 e. The second-order valence-electron chi connectivity index (χ2n) is 9.75. The van der Waals surface area contributed by atoms with Crippen molar-refractivity contribution in [2.24, 2.45) is 5.92 Å². The lowest BCUT2D eigenvalue weighted by atomic mass is 9.70. The Morgan fingerprint density at radius 1 is 0.943 bits per heavy atom. The van der Waals surface area contributed by atoms with Gasteiger partial charge in [0.05, 0.1) is 11.5 Å². The second-order valence-corrected chi connectivity index (χ2v) is 9.75. The van der Waals surface area contributed by atoms with E-state index in [0.717, 1.165) is 18.4 Å². The summed E-state index contributed by atoms with van der Waals surface area (Å²) < 4.78 is 0. The number of hydrogen-bond acceptors (Lipinski definition) is 5. The van der Waals surface area contributed by atoms with E-state index in [9.17, 15) is 9.59 Å². The van der Waals surface area contributed by atoms with Crippen LogP contribution in [0.1, 0.15) is 59.9 Å². The number of aliphatic hydroxyl groups is 1. The van der Waals surface area contributed by atoms with Gasteiger partial charge in [-0.25, -0.2) is 9.97 Å². The lowest BCUT2D eigenvalue weighted by Crippen LogP contribution is -2.48. The molecule has 1 N–H and O–H groups in total. The Kier molecular flexibility index (Phi) is 7.71. The van der Waals surface area contributed by atoms with E-state index in [1.165, 1.54) is 18.0 Å². The maximum Gasteiger partial charge on any atom is 0.230 e. The van der Waals surface area contributed by atoms with Crippen LogP contribution in [-0.4, -0.2) is 51.4 Å². The van der Waals surface area contributed by atoms with E-state index in [-0.39, 0.29) is 28.9 Å². The zero-order chi connectivity index (χ0) is 24.8. The van der Waals surface area contributed by atoms with Gasteiger partial charge in [0.25, 0.3) is 0 Å². The molecule has 0 spiro atoms. The van der Waals surface area contributed by atoms with E-state index < -0.39 is 6.61 Å². The lowest BCUT2D eigenvalue weighted by molar-refractivity contribution is -0.135. The number of carbonyl (C=O) groups excluding carboxylic acids is 2. The van der Waals surface area contributed by atoms with Crippen LogP contribution >= 0.6 is 0 Å². The van der Waals surface area contributed by atoms with Gasteiger partial charge in [-0.05, 0) is 29.9 Å². The van der Waals surface area contributed by atoms with Gasteiger partial charge in [-0.2, -0.15) is 0 Å². The molecule has 1 amide bonds. The Hall–Kier alpha value is -3.38. The Morgan fingerprint density at radius 2 is 1.51 bits per heavy atom. The Bertz CT molecular complexity index is 1120. The van der Waals surface area contributed by atoms with Gasteiger partial charge in [0, 0.05) is 37.3 Å². The van der Waals surface area contributed by atoms with Crippen molar-refractivity contribution < 1.29 is 14.7 Å². The average Bonchev–Trinajstić information content (AvgIpc) is 2.90. The van der Waals surface area contributed by atoms with E-state index in [1.807, 2.05) is 53.4 Å². The number of nitrogens with zero attached hydrogens (tertiary/aromatic N) is 3. The summed E-state index contributed by atoms with van der Waals surface area (Å²) in [6.45, 7) is 5.00. The second kappa shape index (κ2) is 10.9. The minimum absolute atomic E-state index is 0.152. The zero-order valence-electron chi connectivity index (χ0n) is 20.4. The van der Waals surface area contributed by atoms with Crippen LogP contribution in [0, 0.1) is 5.92 Å². The zero-order valence-corrected chi connectivity index (χ0v) is 20.4. The highest BCUT2D eigenvalue weighted by atomic mass is 16.3. The third kappa shape index (κ3) is 5.49. The van der Waals surface area contributed by atoms with Crippen molar-refractivity contribution in [3.05, 3.63) is 95.6 Å². The third-order valence-electron chi connectivity index (χ3n) is 7.18. The van der Waals surface area contributed by atoms with Gasteiger partial charge in [-0.15, -0.1) is 0 Å². The summed E-state index contributed by atoms with van der Waals surface area (Å²) in [4.78, 5) is 36.2. The molecule has 0 radical (unpaired) electrons. The summed E-state index contributed by atoms with van der Waals surface area (Å²) in [6.07, 6.45) is 5.22. The molecule has 2 aromatic carbocycles. The number of piperidine rings is 1. The Morgan fingerprint density at radius 3 is 2.06 bits per heavy atom. The average molecular weight is 472 g/mol. The van der Waals surface area contributed by atoms with Crippen LogP contribution in [0.25, 0.3) is 0 Å². The van der Waals surface area contributed by atoms with E-state index in [2.05, 4.69) is 35.9 Å². The predicted molar refractivity (Wildman–Crippen MR) is 135 cm³/mol. The summed E-state index contributed by atoms with van der Waals surface area (Å²) in [5.74, 6) is 0.516. The van der Waals surface area contributed by atoms with Crippen LogP contribution in [-0.2, 0) is 16.6 Å². The molecule has 182 valence electrons. The number of rotatable bonds is 8. The number of carbonyl (C=O) groups is 2. The van der Waals surface area contributed by atoms with Crippen molar-refractivity contribution in [3.8, 4) is 0 Å². The van der Waals surface area contributed by atoms with Crippen molar-refractivity contribution in [2.75, 3.05) is 19.7 Å². The summed E-state index contributed by atoms with van der Waals surface area (Å²) >= 11 is 0. The molecule has 1 aromatic heterocycles. The topological polar surface area (TPSA) is 83.4 Å². The highest BCUT2D eigenvalue weighted by molar-refractivity contribution is 5.96. The standard InChI is InChI=1S/C29H33N3O3/c1-21(2)27(22-9-5-3-6-10-22)28(35)32-15-13-29(14-16-32,24-11-7-4-8-12-24)17-26-30-18-23(19-31-26)25(34)20-33/h3-12,18-19,21,27,33H,13-17,20H2,1-2H3/t27-/m0/s1. The van der Waals surface area contributed by atoms with E-state index in [0.29, 0.717) is 30.9 Å². The molecule has 0 bridgehead atoms. The number of amides is 1. The van der Waals surface area contributed by atoms with Crippen LogP contribution in [0.15, 0.2) is 73.1 Å². The highest BCUT2D eigenvalue weighted by Crippen LogP contribution is 2.39. The summed E-state index contributed by atoms with van der Waals surface area (Å²) in [7, 11) is 0. The normalized spacial score (nSPS) is 16.2. The van der Waals surface area contributed by atoms with Gasteiger partial charge < -0.3 is 10.0 Å². The maximum atomic E-state index is 13.6. The van der Waals surface area contributed by atoms with Crippen LogP contribution in [0.3, 0.4) is 0 Å². The molecule has 1 atom stereocenters. The van der Waals surface area contributed by atoms with Crippen LogP contribution in [0.5, 0.6) is 0 Å². The number of likely N-dealkylation sites (tertiary alicyclic amines) is 1. The molecule has 1 aliphatic rings.